The summed E-state index contributed by atoms with van der Waals surface area (Å²) in [5, 5.41) is 2.69. The number of carbonyl (C=O) groups excluding carboxylic acids is 2. The summed E-state index contributed by atoms with van der Waals surface area (Å²) in [6, 6.07) is 26.5. The molecule has 0 radical (unpaired) electrons. The molecule has 0 heterocycles. The Balaban J connectivity index is 1.81. The number of nitrogens with zero attached hydrogens (tertiary/aromatic N) is 2. The molecule has 4 rings (SSSR count). The largest absolute Gasteiger partial charge is 0.494 e. The molecule has 0 aliphatic rings. The van der Waals surface area contributed by atoms with Crippen molar-refractivity contribution in [3.05, 3.63) is 113 Å². The normalized spacial score (nSPS) is 11.7. The van der Waals surface area contributed by atoms with Crippen LogP contribution in [0, 0.1) is 0 Å². The molecule has 0 fully saturated rings. The Morgan fingerprint density at radius 1 is 0.851 bits per heavy atom. The maximum atomic E-state index is 14.5. The predicted octanol–water partition coefficient (Wildman–Crippen LogP) is 5.45. The Morgan fingerprint density at radius 3 is 2.11 bits per heavy atom. The van der Waals surface area contributed by atoms with E-state index in [9.17, 15) is 18.0 Å². The minimum absolute atomic E-state index is 0.0601. The maximum Gasteiger partial charge on any atom is 0.264 e. The molecule has 12 heteroatoms. The van der Waals surface area contributed by atoms with E-state index in [2.05, 4.69) is 21.2 Å². The van der Waals surface area contributed by atoms with Crippen LogP contribution in [0.25, 0.3) is 0 Å². The first-order chi connectivity index (χ1) is 22.6. The molecule has 1 N–H and O–H groups in total. The number of anilines is 1. The van der Waals surface area contributed by atoms with Gasteiger partial charge in [0.1, 0.15) is 18.3 Å². The van der Waals surface area contributed by atoms with E-state index in [-0.39, 0.29) is 35.2 Å². The highest BCUT2D eigenvalue weighted by atomic mass is 79.9. The van der Waals surface area contributed by atoms with Crippen LogP contribution in [0.4, 0.5) is 5.69 Å². The molecule has 0 aliphatic heterocycles. The van der Waals surface area contributed by atoms with Crippen molar-refractivity contribution >= 4 is 43.5 Å². The average molecular weight is 725 g/mol. The van der Waals surface area contributed by atoms with Gasteiger partial charge in [0.25, 0.3) is 10.0 Å². The number of likely N-dealkylation sites (N-methyl/N-ethyl adjacent to an activating group) is 1. The van der Waals surface area contributed by atoms with Crippen molar-refractivity contribution in [1.29, 1.82) is 0 Å². The molecule has 0 unspecified atom stereocenters. The van der Waals surface area contributed by atoms with Crippen LogP contribution in [0.5, 0.6) is 17.2 Å². The summed E-state index contributed by atoms with van der Waals surface area (Å²) in [7, 11) is 0.0227. The van der Waals surface area contributed by atoms with E-state index in [0.29, 0.717) is 18.1 Å². The SMILES string of the molecule is CCOc1ccc(N(CC(=O)N(Cc2ccc(Br)cc2)[C@@H](Cc2ccccc2)C(=O)NC)S(=O)(=O)c2ccc(OC)c(OC)c2)cc1. The number of methoxy groups -OCH3 is 2. The number of sulfonamides is 1. The summed E-state index contributed by atoms with van der Waals surface area (Å²) < 4.78 is 46.8. The first-order valence-corrected chi connectivity index (χ1v) is 17.1. The van der Waals surface area contributed by atoms with Gasteiger partial charge in [0.2, 0.25) is 11.8 Å². The van der Waals surface area contributed by atoms with Gasteiger partial charge >= 0.3 is 0 Å². The lowest BCUT2D eigenvalue weighted by molar-refractivity contribution is -0.139. The molecule has 248 valence electrons. The number of halogens is 1. The summed E-state index contributed by atoms with van der Waals surface area (Å²) in [6.45, 7) is 1.74. The molecule has 4 aromatic rings. The monoisotopic (exact) mass is 723 g/mol. The Morgan fingerprint density at radius 2 is 1.51 bits per heavy atom. The Hall–Kier alpha value is -4.55. The number of amides is 2. The Labute approximate surface area is 284 Å². The van der Waals surface area contributed by atoms with Crippen LogP contribution in [-0.2, 0) is 32.6 Å². The molecular weight excluding hydrogens is 686 g/mol. The van der Waals surface area contributed by atoms with Gasteiger partial charge in [-0.1, -0.05) is 58.4 Å². The quantitative estimate of drug-likeness (QED) is 0.174. The molecule has 4 aromatic carbocycles. The minimum atomic E-state index is -4.35. The second-order valence-electron chi connectivity index (χ2n) is 10.4. The molecule has 0 aliphatic carbocycles. The number of rotatable bonds is 15. The molecule has 1 atom stereocenters. The van der Waals surface area contributed by atoms with E-state index in [1.165, 1.54) is 44.4 Å². The second-order valence-corrected chi connectivity index (χ2v) is 13.2. The number of nitrogens with one attached hydrogen (secondary N) is 1. The Bertz CT molecular complexity index is 1750. The fourth-order valence-corrected chi connectivity index (χ4v) is 6.71. The van der Waals surface area contributed by atoms with Gasteiger partial charge < -0.3 is 24.4 Å². The lowest BCUT2D eigenvalue weighted by Gasteiger charge is -2.33. The van der Waals surface area contributed by atoms with Crippen LogP contribution >= 0.6 is 15.9 Å². The van der Waals surface area contributed by atoms with E-state index < -0.39 is 28.5 Å². The zero-order valence-electron chi connectivity index (χ0n) is 26.7. The topological polar surface area (TPSA) is 114 Å². The first kappa shape index (κ1) is 35.3. The maximum absolute atomic E-state index is 14.5. The molecule has 0 spiro atoms. The summed E-state index contributed by atoms with van der Waals surface area (Å²) >= 11 is 3.44. The first-order valence-electron chi connectivity index (χ1n) is 14.9. The van der Waals surface area contributed by atoms with Crippen molar-refractivity contribution in [3.8, 4) is 17.2 Å². The van der Waals surface area contributed by atoms with Gasteiger partial charge in [-0.3, -0.25) is 13.9 Å². The van der Waals surface area contributed by atoms with Crippen LogP contribution in [0.15, 0.2) is 106 Å². The van der Waals surface area contributed by atoms with Gasteiger partial charge in [-0.25, -0.2) is 8.42 Å². The zero-order valence-corrected chi connectivity index (χ0v) is 29.1. The van der Waals surface area contributed by atoms with Crippen molar-refractivity contribution < 1.29 is 32.2 Å². The summed E-state index contributed by atoms with van der Waals surface area (Å²) in [4.78, 5) is 29.2. The third-order valence-electron chi connectivity index (χ3n) is 7.44. The number of carbonyl (C=O) groups is 2. The van der Waals surface area contributed by atoms with Crippen LogP contribution in [0.1, 0.15) is 18.1 Å². The van der Waals surface area contributed by atoms with Crippen molar-refractivity contribution in [2.45, 2.75) is 30.8 Å². The Kier molecular flexibility index (Phi) is 12.3. The number of benzene rings is 4. The van der Waals surface area contributed by atoms with Gasteiger partial charge in [0, 0.05) is 30.6 Å². The van der Waals surface area contributed by atoms with E-state index in [1.54, 1.807) is 24.3 Å². The third-order valence-corrected chi connectivity index (χ3v) is 9.74. The smallest absolute Gasteiger partial charge is 0.264 e. The number of hydrogen-bond donors (Lipinski definition) is 1. The van der Waals surface area contributed by atoms with E-state index in [4.69, 9.17) is 14.2 Å². The highest BCUT2D eigenvalue weighted by Gasteiger charge is 2.34. The molecule has 0 aromatic heterocycles. The fraction of sp³-hybridized carbons (Fsp3) is 0.257. The highest BCUT2D eigenvalue weighted by Crippen LogP contribution is 2.33. The van der Waals surface area contributed by atoms with Crippen molar-refractivity contribution in [2.24, 2.45) is 0 Å². The van der Waals surface area contributed by atoms with Crippen molar-refractivity contribution in [3.63, 3.8) is 0 Å². The van der Waals surface area contributed by atoms with E-state index >= 15 is 0 Å². The average Bonchev–Trinajstić information content (AvgIpc) is 3.09. The number of ether oxygens (including phenoxy) is 3. The lowest BCUT2D eigenvalue weighted by atomic mass is 10.0. The minimum Gasteiger partial charge on any atom is -0.494 e. The van der Waals surface area contributed by atoms with Crippen molar-refractivity contribution in [1.82, 2.24) is 10.2 Å². The molecule has 2 amide bonds. The van der Waals surface area contributed by atoms with Crippen LogP contribution in [-0.4, -0.2) is 65.6 Å². The van der Waals surface area contributed by atoms with Gasteiger partial charge in [-0.2, -0.15) is 0 Å². The van der Waals surface area contributed by atoms with Gasteiger partial charge in [0.15, 0.2) is 11.5 Å². The third kappa shape index (κ3) is 8.83. The molecule has 0 saturated carbocycles. The lowest BCUT2D eigenvalue weighted by Crippen LogP contribution is -2.53. The van der Waals surface area contributed by atoms with Gasteiger partial charge in [-0.05, 0) is 66.6 Å². The molecule has 10 nitrogen and oxygen atoms in total. The van der Waals surface area contributed by atoms with Crippen LogP contribution < -0.4 is 23.8 Å². The van der Waals surface area contributed by atoms with Crippen LogP contribution in [0.3, 0.4) is 0 Å². The molecule has 0 bridgehead atoms. The standard InChI is InChI=1S/C35H38BrN3O7S/c1-5-46-29-17-15-28(16-18-29)39(47(42,43)30-19-20-32(44-3)33(22-30)45-4)24-34(40)38(23-26-11-13-27(36)14-12-26)31(35(41)37-2)21-25-9-7-6-8-10-25/h6-20,22,31H,5,21,23-24H2,1-4H3,(H,37,41)/t31-/m0/s1. The van der Waals surface area contributed by atoms with Gasteiger partial charge in [0.05, 0.1) is 31.4 Å². The number of hydrogen-bond acceptors (Lipinski definition) is 7. The zero-order chi connectivity index (χ0) is 34.0. The molecular formula is C35H38BrN3O7S. The van der Waals surface area contributed by atoms with Crippen molar-refractivity contribution in [2.75, 3.05) is 38.7 Å². The van der Waals surface area contributed by atoms with E-state index in [0.717, 1.165) is 19.9 Å². The summed E-state index contributed by atoms with van der Waals surface area (Å²) in [6.07, 6.45) is 0.217. The van der Waals surface area contributed by atoms with Gasteiger partial charge in [-0.15, -0.1) is 0 Å². The summed E-state index contributed by atoms with van der Waals surface area (Å²) in [5.41, 5.74) is 1.84. The van der Waals surface area contributed by atoms with Crippen LogP contribution in [0.2, 0.25) is 0 Å². The fourth-order valence-electron chi connectivity index (χ4n) is 5.02. The molecule has 47 heavy (non-hydrogen) atoms. The highest BCUT2D eigenvalue weighted by molar-refractivity contribution is 9.10. The predicted molar refractivity (Wildman–Crippen MR) is 184 cm³/mol. The summed E-state index contributed by atoms with van der Waals surface area (Å²) in [5.74, 6) is 0.159. The molecule has 0 saturated heterocycles. The second kappa shape index (κ2) is 16.3. The van der Waals surface area contributed by atoms with E-state index in [1.807, 2.05) is 61.5 Å².